The molecule has 1 aliphatic rings. The average Bonchev–Trinajstić information content (AvgIpc) is 3.37. The number of aliphatic hydroxyl groups excluding tert-OH is 1. The molecular weight excluding hydrogens is 530 g/mol. The fraction of sp³-hybridized carbons (Fsp3) is 0.290. The molecule has 0 saturated carbocycles. The highest BCUT2D eigenvalue weighted by Crippen LogP contribution is 2.43. The van der Waals surface area contributed by atoms with Gasteiger partial charge in [0.1, 0.15) is 11.5 Å². The molecule has 210 valence electrons. The summed E-state index contributed by atoms with van der Waals surface area (Å²) in [4.78, 5) is 18.7. The highest BCUT2D eigenvalue weighted by atomic mass is 35.5. The van der Waals surface area contributed by atoms with Crippen LogP contribution in [0.1, 0.15) is 35.6 Å². The molecule has 0 radical (unpaired) electrons. The monoisotopic (exact) mass is 563 g/mol. The molecular formula is C31H34ClN3O5. The Labute approximate surface area is 239 Å². The number of ether oxygens (including phenoxy) is 3. The second-order valence-electron chi connectivity index (χ2n) is 9.32. The molecule has 1 amide bonds. The van der Waals surface area contributed by atoms with E-state index in [-0.39, 0.29) is 18.9 Å². The number of aliphatic hydroxyl groups is 1. The molecule has 40 heavy (non-hydrogen) atoms. The number of nitrogens with one attached hydrogen (secondary N) is 2. The smallest absolute Gasteiger partial charge is 0.266 e. The van der Waals surface area contributed by atoms with Gasteiger partial charge in [-0.1, -0.05) is 41.9 Å². The number of aliphatic imine (C=N–C) groups is 1. The molecule has 1 heterocycles. The van der Waals surface area contributed by atoms with Gasteiger partial charge in [0.05, 0.1) is 13.7 Å². The lowest BCUT2D eigenvalue weighted by molar-refractivity contribution is -0.129. The maximum absolute atomic E-state index is 13.8. The van der Waals surface area contributed by atoms with Crippen LogP contribution < -0.4 is 20.3 Å². The van der Waals surface area contributed by atoms with E-state index in [1.54, 1.807) is 13.2 Å². The third kappa shape index (κ3) is 7.01. The molecule has 4 rings (SSSR count). The van der Waals surface area contributed by atoms with E-state index in [4.69, 9.17) is 35.9 Å². The summed E-state index contributed by atoms with van der Waals surface area (Å²) in [5.74, 6) is 1.32. The number of halogens is 1. The third-order valence-corrected chi connectivity index (χ3v) is 6.79. The molecule has 0 fully saturated rings. The Bertz CT molecular complexity index is 1310. The molecule has 9 heteroatoms. The number of nitrogens with zero attached hydrogens (tertiary/aromatic N) is 1. The second kappa shape index (κ2) is 14.0. The summed E-state index contributed by atoms with van der Waals surface area (Å²) in [6, 6.07) is 22.3. The van der Waals surface area contributed by atoms with Crippen LogP contribution in [-0.4, -0.2) is 49.3 Å². The number of hydrazine groups is 1. The lowest BCUT2D eigenvalue weighted by Crippen LogP contribution is -2.52. The quantitative estimate of drug-likeness (QED) is 0.148. The third-order valence-electron chi connectivity index (χ3n) is 6.54. The Morgan fingerprint density at radius 2 is 1.93 bits per heavy atom. The Kier molecular flexibility index (Phi) is 10.2. The summed E-state index contributed by atoms with van der Waals surface area (Å²) >= 11 is 5.98. The highest BCUT2D eigenvalue weighted by molar-refractivity contribution is 6.30. The molecule has 3 N–H and O–H groups in total. The first-order valence-electron chi connectivity index (χ1n) is 13.1. The molecule has 0 aromatic heterocycles. The van der Waals surface area contributed by atoms with Gasteiger partial charge < -0.3 is 19.3 Å². The van der Waals surface area contributed by atoms with Gasteiger partial charge in [0.15, 0.2) is 11.6 Å². The van der Waals surface area contributed by atoms with Gasteiger partial charge in [0, 0.05) is 36.6 Å². The molecule has 8 nitrogen and oxygen atoms in total. The predicted octanol–water partition coefficient (Wildman–Crippen LogP) is 4.81. The molecule has 0 aliphatic carbocycles. The van der Waals surface area contributed by atoms with Crippen molar-refractivity contribution in [1.29, 1.82) is 0 Å². The van der Waals surface area contributed by atoms with Crippen LogP contribution in [0.2, 0.25) is 5.02 Å². The first kappa shape index (κ1) is 29.1. The average molecular weight is 564 g/mol. The van der Waals surface area contributed by atoms with Crippen molar-refractivity contribution in [3.8, 4) is 11.5 Å². The molecule has 0 bridgehead atoms. The minimum Gasteiger partial charge on any atom is -0.497 e. The lowest BCUT2D eigenvalue weighted by atomic mass is 9.84. The molecule has 3 aromatic rings. The van der Waals surface area contributed by atoms with E-state index >= 15 is 0 Å². The van der Waals surface area contributed by atoms with Crippen molar-refractivity contribution in [1.82, 2.24) is 10.9 Å². The number of benzene rings is 3. The zero-order chi connectivity index (χ0) is 28.4. The number of rotatable bonds is 14. The predicted molar refractivity (Wildman–Crippen MR) is 156 cm³/mol. The van der Waals surface area contributed by atoms with Crippen LogP contribution >= 0.6 is 11.6 Å². The van der Waals surface area contributed by atoms with Crippen molar-refractivity contribution in [2.45, 2.75) is 30.9 Å². The van der Waals surface area contributed by atoms with Gasteiger partial charge >= 0.3 is 0 Å². The van der Waals surface area contributed by atoms with Crippen LogP contribution in [0.15, 0.2) is 90.4 Å². The molecule has 1 aliphatic heterocycles. The largest absolute Gasteiger partial charge is 0.497 e. The van der Waals surface area contributed by atoms with Crippen molar-refractivity contribution in [3.63, 3.8) is 0 Å². The van der Waals surface area contributed by atoms with Crippen molar-refractivity contribution >= 4 is 23.4 Å². The minimum absolute atomic E-state index is 0.0673. The number of carbonyl (C=O) groups is 1. The Hall–Kier alpha value is -3.85. The summed E-state index contributed by atoms with van der Waals surface area (Å²) in [5.41, 5.74) is 7.12. The fourth-order valence-electron chi connectivity index (χ4n) is 4.45. The number of hydrogen-bond acceptors (Lipinski definition) is 7. The summed E-state index contributed by atoms with van der Waals surface area (Å²) in [6.07, 6.45) is 2.43. The first-order valence-corrected chi connectivity index (χ1v) is 13.5. The number of methoxy groups -OCH3 is 1. The summed E-state index contributed by atoms with van der Waals surface area (Å²) in [7, 11) is 1.59. The zero-order valence-electron chi connectivity index (χ0n) is 22.4. The summed E-state index contributed by atoms with van der Waals surface area (Å²) < 4.78 is 17.5. The van der Waals surface area contributed by atoms with Crippen molar-refractivity contribution in [2.24, 2.45) is 4.99 Å². The molecule has 2 atom stereocenters. The van der Waals surface area contributed by atoms with Gasteiger partial charge in [-0.15, -0.1) is 6.58 Å². The zero-order valence-corrected chi connectivity index (χ0v) is 23.2. The van der Waals surface area contributed by atoms with Crippen molar-refractivity contribution in [2.75, 3.05) is 26.9 Å². The van der Waals surface area contributed by atoms with Gasteiger partial charge in [-0.2, -0.15) is 0 Å². The van der Waals surface area contributed by atoms with Crippen LogP contribution in [0.25, 0.3) is 0 Å². The van der Waals surface area contributed by atoms with Crippen LogP contribution in [0.4, 0.5) is 0 Å². The van der Waals surface area contributed by atoms with E-state index < -0.39 is 11.6 Å². The lowest BCUT2D eigenvalue weighted by Gasteiger charge is -2.29. The van der Waals surface area contributed by atoms with Gasteiger partial charge in [-0.3, -0.25) is 10.2 Å². The SMILES string of the molecule is C=CC[C@]1(C(=O)NNCCc2ccc(Cl)cc2)N=C(c2ccc(OCCCO)cc2)O[C@H]1c1cccc(OC)c1. The maximum atomic E-state index is 13.8. The van der Waals surface area contributed by atoms with E-state index in [1.165, 1.54) is 0 Å². The van der Waals surface area contributed by atoms with Crippen molar-refractivity contribution in [3.05, 3.63) is 107 Å². The van der Waals surface area contributed by atoms with Crippen LogP contribution in [0.3, 0.4) is 0 Å². The Morgan fingerprint density at radius 1 is 1.15 bits per heavy atom. The summed E-state index contributed by atoms with van der Waals surface area (Å²) in [5, 5.41) is 9.66. The number of hydrogen-bond donors (Lipinski definition) is 3. The van der Waals surface area contributed by atoms with Gasteiger partial charge in [0.2, 0.25) is 5.90 Å². The molecule has 0 spiro atoms. The second-order valence-corrected chi connectivity index (χ2v) is 9.75. The number of amides is 1. The fourth-order valence-corrected chi connectivity index (χ4v) is 4.57. The van der Waals surface area contributed by atoms with E-state index in [0.717, 1.165) is 11.1 Å². The van der Waals surface area contributed by atoms with Crippen LogP contribution in [0.5, 0.6) is 11.5 Å². The molecule has 3 aromatic carbocycles. The van der Waals surface area contributed by atoms with Gasteiger partial charge in [0.25, 0.3) is 5.91 Å². The number of carbonyl (C=O) groups excluding carboxylic acids is 1. The Balaban J connectivity index is 1.58. The maximum Gasteiger partial charge on any atom is 0.266 e. The van der Waals surface area contributed by atoms with E-state index in [0.29, 0.717) is 54.0 Å². The highest BCUT2D eigenvalue weighted by Gasteiger charge is 2.52. The summed E-state index contributed by atoms with van der Waals surface area (Å²) in [6.45, 7) is 4.90. The van der Waals surface area contributed by atoms with Gasteiger partial charge in [-0.05, 0) is 66.1 Å². The van der Waals surface area contributed by atoms with E-state index in [1.807, 2.05) is 72.8 Å². The van der Waals surface area contributed by atoms with E-state index in [2.05, 4.69) is 17.4 Å². The van der Waals surface area contributed by atoms with Crippen LogP contribution in [0, 0.1) is 0 Å². The van der Waals surface area contributed by atoms with E-state index in [9.17, 15) is 4.79 Å². The van der Waals surface area contributed by atoms with Gasteiger partial charge in [-0.25, -0.2) is 10.4 Å². The normalized spacial score (nSPS) is 18.0. The van der Waals surface area contributed by atoms with Crippen LogP contribution in [-0.2, 0) is 16.0 Å². The molecule has 0 saturated heterocycles. The molecule has 0 unspecified atom stereocenters. The first-order chi connectivity index (χ1) is 19.5. The topological polar surface area (TPSA) is 101 Å². The van der Waals surface area contributed by atoms with Crippen molar-refractivity contribution < 1.29 is 24.1 Å². The Morgan fingerprint density at radius 3 is 2.62 bits per heavy atom. The standard InChI is InChI=1S/C31H34ClN3O5/c1-3-17-31(30(37)35-33-18-16-22-8-12-25(32)13-9-22)28(24-6-4-7-27(21-24)38-2)40-29(34-31)23-10-14-26(15-11-23)39-20-5-19-36/h3-4,6-15,21,28,33,36H,1,5,16-20H2,2H3,(H,35,37)/t28-,31-/m0/s1. The minimum atomic E-state index is -1.31.